The van der Waals surface area contributed by atoms with Crippen LogP contribution in [0.2, 0.25) is 0 Å². The largest absolute Gasteiger partial charge is 0.387 e. The summed E-state index contributed by atoms with van der Waals surface area (Å²) in [6.07, 6.45) is 4.66. The highest BCUT2D eigenvalue weighted by Gasteiger charge is 2.48. The Labute approximate surface area is 102 Å². The molecule has 98 valence electrons. The Hall–Kier alpha value is -0.160. The summed E-state index contributed by atoms with van der Waals surface area (Å²) in [4.78, 5) is 0. The minimum absolute atomic E-state index is 0.0283. The zero-order valence-corrected chi connectivity index (χ0v) is 10.3. The number of aliphatic hydroxyl groups is 1. The Bertz CT molecular complexity index is 261. The van der Waals surface area contributed by atoms with Crippen LogP contribution >= 0.6 is 0 Å². The summed E-state index contributed by atoms with van der Waals surface area (Å²) in [5.74, 6) is 0.330. The van der Waals surface area contributed by atoms with Crippen molar-refractivity contribution in [2.45, 2.75) is 43.3 Å². The van der Waals surface area contributed by atoms with Crippen molar-refractivity contribution in [1.82, 2.24) is 0 Å². The molecular weight excluding hydrogens is 220 g/mol. The number of hydrogen-bond acceptors (Lipinski definition) is 4. The van der Waals surface area contributed by atoms with E-state index in [9.17, 15) is 5.11 Å². The van der Waals surface area contributed by atoms with Crippen molar-refractivity contribution in [1.29, 1.82) is 0 Å². The van der Waals surface area contributed by atoms with Gasteiger partial charge in [-0.15, -0.1) is 0 Å². The van der Waals surface area contributed by atoms with E-state index in [-0.39, 0.29) is 5.60 Å². The smallest absolute Gasteiger partial charge is 0.0931 e. The molecular formula is C13H22O4. The average Bonchev–Trinajstić information content (AvgIpc) is 2.79. The zero-order chi connectivity index (χ0) is 11.8. The molecule has 3 aliphatic heterocycles. The van der Waals surface area contributed by atoms with Gasteiger partial charge in [0, 0.05) is 32.8 Å². The van der Waals surface area contributed by atoms with Gasteiger partial charge in [0.05, 0.1) is 17.8 Å². The number of hydrogen-bond donors (Lipinski definition) is 1. The van der Waals surface area contributed by atoms with Crippen molar-refractivity contribution in [3.8, 4) is 0 Å². The van der Waals surface area contributed by atoms with E-state index in [0.717, 1.165) is 51.9 Å². The molecule has 4 nitrogen and oxygen atoms in total. The van der Waals surface area contributed by atoms with Crippen molar-refractivity contribution in [2.75, 3.05) is 33.0 Å². The van der Waals surface area contributed by atoms with E-state index in [4.69, 9.17) is 14.2 Å². The van der Waals surface area contributed by atoms with Crippen LogP contribution in [0.25, 0.3) is 0 Å². The van der Waals surface area contributed by atoms with Crippen molar-refractivity contribution in [2.24, 2.45) is 5.92 Å². The fraction of sp³-hybridized carbons (Fsp3) is 1.00. The van der Waals surface area contributed by atoms with Gasteiger partial charge in [0.25, 0.3) is 0 Å². The molecule has 1 spiro atoms. The summed E-state index contributed by atoms with van der Waals surface area (Å²) in [6, 6.07) is 0. The Morgan fingerprint density at radius 2 is 1.71 bits per heavy atom. The topological polar surface area (TPSA) is 47.9 Å². The van der Waals surface area contributed by atoms with Crippen LogP contribution in [-0.2, 0) is 14.2 Å². The third-order valence-corrected chi connectivity index (χ3v) is 4.69. The summed E-state index contributed by atoms with van der Waals surface area (Å²) >= 11 is 0. The second kappa shape index (κ2) is 4.50. The molecule has 0 bridgehead atoms. The third kappa shape index (κ3) is 2.24. The molecule has 3 saturated heterocycles. The summed E-state index contributed by atoms with van der Waals surface area (Å²) in [5.41, 5.74) is -0.630. The first-order chi connectivity index (χ1) is 8.23. The average molecular weight is 242 g/mol. The van der Waals surface area contributed by atoms with Gasteiger partial charge in [0.2, 0.25) is 0 Å². The van der Waals surface area contributed by atoms with Gasteiger partial charge >= 0.3 is 0 Å². The van der Waals surface area contributed by atoms with Crippen molar-refractivity contribution in [3.63, 3.8) is 0 Å². The molecule has 0 aliphatic carbocycles. The fourth-order valence-corrected chi connectivity index (χ4v) is 3.47. The first-order valence-electron chi connectivity index (χ1n) is 6.74. The number of ether oxygens (including phenoxy) is 3. The van der Waals surface area contributed by atoms with Gasteiger partial charge in [-0.1, -0.05) is 0 Å². The lowest BCUT2D eigenvalue weighted by Crippen LogP contribution is -2.51. The SMILES string of the molecule is OC1(C2CCOC3(CCOCC3)C2)CCOC1. The lowest BCUT2D eigenvalue weighted by molar-refractivity contribution is -0.174. The van der Waals surface area contributed by atoms with Gasteiger partial charge < -0.3 is 19.3 Å². The second-order valence-electron chi connectivity index (χ2n) is 5.74. The van der Waals surface area contributed by atoms with E-state index in [1.807, 2.05) is 0 Å². The summed E-state index contributed by atoms with van der Waals surface area (Å²) in [5, 5.41) is 10.6. The first kappa shape index (κ1) is 11.9. The lowest BCUT2D eigenvalue weighted by Gasteiger charge is -2.46. The molecule has 3 fully saturated rings. The van der Waals surface area contributed by atoms with Crippen LogP contribution in [0, 0.1) is 5.92 Å². The highest BCUT2D eigenvalue weighted by atomic mass is 16.5. The van der Waals surface area contributed by atoms with E-state index >= 15 is 0 Å². The predicted molar refractivity (Wildman–Crippen MR) is 61.8 cm³/mol. The molecule has 0 aromatic rings. The highest BCUT2D eigenvalue weighted by Crippen LogP contribution is 2.43. The van der Waals surface area contributed by atoms with Crippen LogP contribution in [0.5, 0.6) is 0 Å². The van der Waals surface area contributed by atoms with Crippen LogP contribution in [0.3, 0.4) is 0 Å². The molecule has 3 aliphatic rings. The summed E-state index contributed by atoms with van der Waals surface area (Å²) < 4.78 is 16.8. The molecule has 3 rings (SSSR count). The van der Waals surface area contributed by atoms with Gasteiger partial charge in [-0.3, -0.25) is 0 Å². The minimum Gasteiger partial charge on any atom is -0.387 e. The van der Waals surface area contributed by atoms with Crippen molar-refractivity contribution >= 4 is 0 Å². The molecule has 4 heteroatoms. The monoisotopic (exact) mass is 242 g/mol. The first-order valence-corrected chi connectivity index (χ1v) is 6.74. The Morgan fingerprint density at radius 1 is 0.941 bits per heavy atom. The van der Waals surface area contributed by atoms with E-state index in [2.05, 4.69) is 0 Å². The summed E-state index contributed by atoms with van der Waals surface area (Å²) in [6.45, 7) is 3.56. The molecule has 0 saturated carbocycles. The van der Waals surface area contributed by atoms with Crippen LogP contribution < -0.4 is 0 Å². The van der Waals surface area contributed by atoms with Gasteiger partial charge in [-0.25, -0.2) is 0 Å². The Morgan fingerprint density at radius 3 is 2.41 bits per heavy atom. The van der Waals surface area contributed by atoms with E-state index in [1.54, 1.807) is 0 Å². The summed E-state index contributed by atoms with van der Waals surface area (Å²) in [7, 11) is 0. The van der Waals surface area contributed by atoms with Crippen molar-refractivity contribution < 1.29 is 19.3 Å². The van der Waals surface area contributed by atoms with Gasteiger partial charge in [0.15, 0.2) is 0 Å². The Balaban J connectivity index is 1.70. The van der Waals surface area contributed by atoms with E-state index in [1.165, 1.54) is 0 Å². The van der Waals surface area contributed by atoms with Gasteiger partial charge in [-0.05, 0) is 31.6 Å². The zero-order valence-electron chi connectivity index (χ0n) is 10.3. The molecule has 3 heterocycles. The van der Waals surface area contributed by atoms with E-state index < -0.39 is 5.60 Å². The third-order valence-electron chi connectivity index (χ3n) is 4.69. The van der Waals surface area contributed by atoms with Gasteiger partial charge in [-0.2, -0.15) is 0 Å². The van der Waals surface area contributed by atoms with Crippen LogP contribution in [0.15, 0.2) is 0 Å². The quantitative estimate of drug-likeness (QED) is 0.748. The fourth-order valence-electron chi connectivity index (χ4n) is 3.47. The van der Waals surface area contributed by atoms with E-state index in [0.29, 0.717) is 19.1 Å². The molecule has 0 radical (unpaired) electrons. The minimum atomic E-state index is -0.602. The molecule has 2 unspecified atom stereocenters. The maximum Gasteiger partial charge on any atom is 0.0931 e. The maximum atomic E-state index is 10.6. The standard InChI is InChI=1S/C13H22O4/c14-13(4-8-16-10-13)11-1-5-17-12(9-11)2-6-15-7-3-12/h11,14H,1-10H2. The molecule has 0 aromatic carbocycles. The van der Waals surface area contributed by atoms with Crippen molar-refractivity contribution in [3.05, 3.63) is 0 Å². The molecule has 1 N–H and O–H groups in total. The normalized spacial score (nSPS) is 41.8. The number of rotatable bonds is 1. The molecule has 0 amide bonds. The second-order valence-corrected chi connectivity index (χ2v) is 5.74. The molecule has 2 atom stereocenters. The van der Waals surface area contributed by atoms with Crippen LogP contribution in [0.1, 0.15) is 32.1 Å². The molecule has 0 aromatic heterocycles. The Kier molecular flexibility index (Phi) is 3.15. The lowest BCUT2D eigenvalue weighted by atomic mass is 9.73. The molecule has 17 heavy (non-hydrogen) atoms. The van der Waals surface area contributed by atoms with Crippen LogP contribution in [-0.4, -0.2) is 49.3 Å². The van der Waals surface area contributed by atoms with Crippen LogP contribution in [0.4, 0.5) is 0 Å². The van der Waals surface area contributed by atoms with Gasteiger partial charge in [0.1, 0.15) is 0 Å². The highest BCUT2D eigenvalue weighted by molar-refractivity contribution is 4.98. The predicted octanol–water partition coefficient (Wildman–Crippen LogP) is 1.11. The maximum absolute atomic E-state index is 10.6.